The molecule has 0 N–H and O–H groups in total. The van der Waals surface area contributed by atoms with E-state index in [9.17, 15) is 4.39 Å². The van der Waals surface area contributed by atoms with Gasteiger partial charge < -0.3 is 4.74 Å². The smallest absolute Gasteiger partial charge is 0.213 e. The van der Waals surface area contributed by atoms with Crippen molar-refractivity contribution >= 4 is 0 Å². The average Bonchev–Trinajstić information content (AvgIpc) is 2.38. The minimum Gasteiger partial charge on any atom is -0.487 e. The number of ether oxygens (including phenoxy) is 1. The number of nitrogens with zero attached hydrogens (tertiary/aromatic N) is 3. The van der Waals surface area contributed by atoms with E-state index in [1.54, 1.807) is 18.3 Å². The molecule has 0 bridgehead atoms. The summed E-state index contributed by atoms with van der Waals surface area (Å²) < 4.78 is 17.9. The first-order valence-corrected chi connectivity index (χ1v) is 4.87. The van der Waals surface area contributed by atoms with Crippen LogP contribution < -0.4 is 4.74 Å². The maximum absolute atomic E-state index is 12.5. The molecular weight excluding hydrogens is 221 g/mol. The Kier molecular flexibility index (Phi) is 3.26. The molecule has 0 radical (unpaired) electrons. The first kappa shape index (κ1) is 11.0. The molecule has 0 unspecified atom stereocenters. The summed E-state index contributed by atoms with van der Waals surface area (Å²) in [6.07, 6.45) is 2.85. The first-order chi connectivity index (χ1) is 8.28. The van der Waals surface area contributed by atoms with E-state index in [1.165, 1.54) is 18.3 Å². The molecule has 4 nitrogen and oxygen atoms in total. The predicted octanol–water partition coefficient (Wildman–Crippen LogP) is 2.07. The number of halogens is 1. The van der Waals surface area contributed by atoms with Gasteiger partial charge in [0.25, 0.3) is 0 Å². The largest absolute Gasteiger partial charge is 0.487 e. The summed E-state index contributed by atoms with van der Waals surface area (Å²) in [6.45, 7) is 0.282. The van der Waals surface area contributed by atoms with Crippen molar-refractivity contribution in [3.63, 3.8) is 0 Å². The van der Waals surface area contributed by atoms with Crippen LogP contribution in [0.4, 0.5) is 4.39 Å². The van der Waals surface area contributed by atoms with Crippen molar-refractivity contribution in [1.82, 2.24) is 9.97 Å². The summed E-state index contributed by atoms with van der Waals surface area (Å²) in [5.74, 6) is -0.0743. The number of rotatable bonds is 3. The number of nitriles is 1. The van der Waals surface area contributed by atoms with E-state index < -0.39 is 5.95 Å². The molecule has 2 rings (SSSR count). The van der Waals surface area contributed by atoms with Crippen molar-refractivity contribution in [2.75, 3.05) is 0 Å². The van der Waals surface area contributed by atoms with Gasteiger partial charge in [-0.2, -0.15) is 9.65 Å². The standard InChI is InChI=1S/C12H8FN3O/c13-12-2-1-11(7-16-12)17-8-9-3-4-15-10(5-9)6-14/h1-5,7H,8H2. The van der Waals surface area contributed by atoms with Gasteiger partial charge in [-0.25, -0.2) is 9.97 Å². The summed E-state index contributed by atoms with van der Waals surface area (Å²) in [4.78, 5) is 7.31. The fourth-order valence-corrected chi connectivity index (χ4v) is 1.24. The molecule has 5 heteroatoms. The van der Waals surface area contributed by atoms with Gasteiger partial charge in [-0.15, -0.1) is 0 Å². The van der Waals surface area contributed by atoms with Crippen LogP contribution in [0.2, 0.25) is 0 Å². The Bertz CT molecular complexity index is 548. The van der Waals surface area contributed by atoms with Crippen LogP contribution >= 0.6 is 0 Å². The van der Waals surface area contributed by atoms with Gasteiger partial charge in [-0.05, 0) is 29.8 Å². The molecule has 0 aliphatic rings. The maximum atomic E-state index is 12.5. The van der Waals surface area contributed by atoms with E-state index in [2.05, 4.69) is 9.97 Å². The fraction of sp³-hybridized carbons (Fsp3) is 0.0833. The second kappa shape index (κ2) is 5.03. The van der Waals surface area contributed by atoms with Crippen LogP contribution in [0, 0.1) is 17.3 Å². The van der Waals surface area contributed by atoms with E-state index in [1.807, 2.05) is 6.07 Å². The summed E-state index contributed by atoms with van der Waals surface area (Å²) in [6, 6.07) is 8.05. The second-order valence-electron chi connectivity index (χ2n) is 3.27. The highest BCUT2D eigenvalue weighted by Crippen LogP contribution is 2.11. The molecule has 17 heavy (non-hydrogen) atoms. The lowest BCUT2D eigenvalue weighted by Crippen LogP contribution is -1.97. The van der Waals surface area contributed by atoms with Gasteiger partial charge in [-0.3, -0.25) is 0 Å². The van der Waals surface area contributed by atoms with Crippen LogP contribution in [0.1, 0.15) is 11.3 Å². The van der Waals surface area contributed by atoms with Crippen molar-refractivity contribution in [3.05, 3.63) is 53.9 Å². The molecule has 0 fully saturated rings. The van der Waals surface area contributed by atoms with Crippen LogP contribution in [0.3, 0.4) is 0 Å². The van der Waals surface area contributed by atoms with Gasteiger partial charge in [0.1, 0.15) is 24.1 Å². The second-order valence-corrected chi connectivity index (χ2v) is 3.27. The molecule has 0 spiro atoms. The number of hydrogen-bond donors (Lipinski definition) is 0. The molecular formula is C12H8FN3O. The zero-order valence-corrected chi connectivity index (χ0v) is 8.80. The Labute approximate surface area is 97.3 Å². The third-order valence-electron chi connectivity index (χ3n) is 2.04. The van der Waals surface area contributed by atoms with Gasteiger partial charge in [0, 0.05) is 6.20 Å². The maximum Gasteiger partial charge on any atom is 0.213 e. The van der Waals surface area contributed by atoms with Crippen LogP contribution in [-0.4, -0.2) is 9.97 Å². The number of hydrogen-bond acceptors (Lipinski definition) is 4. The number of pyridine rings is 2. The fourth-order valence-electron chi connectivity index (χ4n) is 1.24. The third-order valence-corrected chi connectivity index (χ3v) is 2.04. The van der Waals surface area contributed by atoms with Crippen molar-refractivity contribution in [2.45, 2.75) is 6.61 Å². The zero-order chi connectivity index (χ0) is 12.1. The minimum atomic E-state index is -0.548. The van der Waals surface area contributed by atoms with Crippen LogP contribution in [0.5, 0.6) is 5.75 Å². The van der Waals surface area contributed by atoms with Crippen LogP contribution in [-0.2, 0) is 6.61 Å². The molecule has 0 atom stereocenters. The van der Waals surface area contributed by atoms with Gasteiger partial charge in [-0.1, -0.05) is 0 Å². The number of aromatic nitrogens is 2. The normalized spacial score (nSPS) is 9.65. The van der Waals surface area contributed by atoms with Crippen molar-refractivity contribution in [1.29, 1.82) is 5.26 Å². The molecule has 0 amide bonds. The summed E-state index contributed by atoms with van der Waals surface area (Å²) in [7, 11) is 0. The summed E-state index contributed by atoms with van der Waals surface area (Å²) in [5.41, 5.74) is 1.16. The molecule has 0 saturated heterocycles. The van der Waals surface area contributed by atoms with Crippen molar-refractivity contribution in [3.8, 4) is 11.8 Å². The highest BCUT2D eigenvalue weighted by Gasteiger charge is 1.99. The highest BCUT2D eigenvalue weighted by atomic mass is 19.1. The summed E-state index contributed by atoms with van der Waals surface area (Å²) >= 11 is 0. The predicted molar refractivity (Wildman–Crippen MR) is 57.5 cm³/mol. The quantitative estimate of drug-likeness (QED) is 0.756. The molecule has 2 heterocycles. The van der Waals surface area contributed by atoms with E-state index in [0.717, 1.165) is 5.56 Å². The lowest BCUT2D eigenvalue weighted by Gasteiger charge is -2.05. The molecule has 2 aromatic rings. The molecule has 2 aromatic heterocycles. The van der Waals surface area contributed by atoms with Gasteiger partial charge in [0.15, 0.2) is 0 Å². The van der Waals surface area contributed by atoms with E-state index in [-0.39, 0.29) is 6.61 Å². The van der Waals surface area contributed by atoms with Crippen LogP contribution in [0.25, 0.3) is 0 Å². The highest BCUT2D eigenvalue weighted by molar-refractivity contribution is 5.25. The molecule has 0 aliphatic carbocycles. The molecule has 0 aliphatic heterocycles. The average molecular weight is 229 g/mol. The van der Waals surface area contributed by atoms with Gasteiger partial charge in [0.05, 0.1) is 6.20 Å². The SMILES string of the molecule is N#Cc1cc(COc2ccc(F)nc2)ccn1. The first-order valence-electron chi connectivity index (χ1n) is 4.87. The van der Waals surface area contributed by atoms with Gasteiger partial charge in [0.2, 0.25) is 5.95 Å². The minimum absolute atomic E-state index is 0.282. The Balaban J connectivity index is 2.02. The Morgan fingerprint density at radius 3 is 2.88 bits per heavy atom. The van der Waals surface area contributed by atoms with Gasteiger partial charge >= 0.3 is 0 Å². The zero-order valence-electron chi connectivity index (χ0n) is 8.80. The monoisotopic (exact) mass is 229 g/mol. The topological polar surface area (TPSA) is 58.8 Å². The Hall–Kier alpha value is -2.48. The van der Waals surface area contributed by atoms with E-state index in [0.29, 0.717) is 11.4 Å². The van der Waals surface area contributed by atoms with E-state index >= 15 is 0 Å². The lowest BCUT2D eigenvalue weighted by atomic mass is 10.2. The van der Waals surface area contributed by atoms with E-state index in [4.69, 9.17) is 10.00 Å². The van der Waals surface area contributed by atoms with Crippen molar-refractivity contribution < 1.29 is 9.13 Å². The molecule has 0 saturated carbocycles. The third kappa shape index (κ3) is 2.98. The summed E-state index contributed by atoms with van der Waals surface area (Å²) in [5, 5.41) is 8.67. The molecule has 0 aromatic carbocycles. The Morgan fingerprint density at radius 1 is 1.29 bits per heavy atom. The van der Waals surface area contributed by atoms with Crippen molar-refractivity contribution in [2.24, 2.45) is 0 Å². The molecule has 84 valence electrons. The lowest BCUT2D eigenvalue weighted by molar-refractivity contribution is 0.303. The van der Waals surface area contributed by atoms with Crippen LogP contribution in [0.15, 0.2) is 36.7 Å². The Morgan fingerprint density at radius 2 is 2.18 bits per heavy atom.